The molecule has 0 atom stereocenters. The highest BCUT2D eigenvalue weighted by atomic mass is 127. The van der Waals surface area contributed by atoms with Gasteiger partial charge >= 0.3 is 0 Å². The Bertz CT molecular complexity index is 204. The van der Waals surface area contributed by atoms with Gasteiger partial charge in [-0.2, -0.15) is 0 Å². The lowest BCUT2D eigenvalue weighted by Gasteiger charge is -2.04. The topological polar surface area (TPSA) is 12.0 Å². The summed E-state index contributed by atoms with van der Waals surface area (Å²) in [5, 5.41) is 3.46. The molecule has 0 saturated carbocycles. The molecule has 68 valence electrons. The average Bonchev–Trinajstić information content (AvgIpc) is 2.14. The van der Waals surface area contributed by atoms with Gasteiger partial charge in [0.2, 0.25) is 0 Å². The third-order valence-electron chi connectivity index (χ3n) is 1.67. The minimum Gasteiger partial charge on any atom is -0.312 e. The van der Waals surface area contributed by atoms with E-state index in [1.165, 1.54) is 19.4 Å². The maximum atomic E-state index is 3.46. The van der Waals surface area contributed by atoms with Crippen LogP contribution in [0.2, 0.25) is 0 Å². The lowest BCUT2D eigenvalue weighted by atomic mass is 10.3. The molecule has 0 spiro atoms. The van der Waals surface area contributed by atoms with Crippen LogP contribution in [0.4, 0.5) is 0 Å². The number of allylic oxidation sites excluding steroid dienone is 2. The van der Waals surface area contributed by atoms with Crippen molar-refractivity contribution in [3.63, 3.8) is 0 Å². The van der Waals surface area contributed by atoms with Crippen molar-refractivity contribution in [2.75, 3.05) is 13.1 Å². The molecular formula is C10H16IN. The van der Waals surface area contributed by atoms with Gasteiger partial charge in [0.1, 0.15) is 0 Å². The van der Waals surface area contributed by atoms with Gasteiger partial charge in [0.05, 0.1) is 0 Å². The molecule has 0 aliphatic carbocycles. The predicted molar refractivity (Wildman–Crippen MR) is 65.1 cm³/mol. The first-order valence-corrected chi connectivity index (χ1v) is 6.79. The van der Waals surface area contributed by atoms with Crippen molar-refractivity contribution in [3.05, 3.63) is 22.3 Å². The van der Waals surface area contributed by atoms with Crippen molar-refractivity contribution in [2.45, 2.75) is 19.8 Å². The lowest BCUT2D eigenvalue weighted by Crippen LogP contribution is -2.21. The molecule has 1 aliphatic heterocycles. The Hall–Kier alpha value is 0.0400. The molecule has 1 rings (SSSR count). The Labute approximate surface area is 84.7 Å². The quantitative estimate of drug-likeness (QED) is 0.601. The highest BCUT2D eigenvalue weighted by Gasteiger charge is 1.93. The van der Waals surface area contributed by atoms with Gasteiger partial charge in [-0.25, -0.2) is 0 Å². The summed E-state index contributed by atoms with van der Waals surface area (Å²) in [5.74, 6) is 0. The number of unbranched alkanes of at least 4 members (excludes halogenated alkanes) is 1. The van der Waals surface area contributed by atoms with E-state index in [4.69, 9.17) is 0 Å². The van der Waals surface area contributed by atoms with Gasteiger partial charge in [-0.3, -0.25) is 0 Å². The maximum Gasteiger partial charge on any atom is 0.0259 e. The first-order valence-electron chi connectivity index (χ1n) is 4.46. The number of halogens is 1. The fourth-order valence-electron chi connectivity index (χ4n) is 0.963. The zero-order valence-corrected chi connectivity index (χ0v) is 9.67. The molecule has 1 N–H and O–H groups in total. The third-order valence-corrected chi connectivity index (χ3v) is 3.98. The van der Waals surface area contributed by atoms with Gasteiger partial charge in [0.25, 0.3) is 0 Å². The average molecular weight is 277 g/mol. The second-order valence-electron chi connectivity index (χ2n) is 2.76. The van der Waals surface area contributed by atoms with Crippen LogP contribution in [0.25, 0.3) is 0 Å². The standard InChI is InChI=1S/C10H16IN/c1-2-3-8-12-9-10-6-4-5-7-11-10/h4-7,12H,2-3,8-9H2,1H3. The second kappa shape index (κ2) is 6.54. The first-order chi connectivity index (χ1) is 5.93. The summed E-state index contributed by atoms with van der Waals surface area (Å²) in [6.07, 6.45) is 9.13. The molecule has 1 heterocycles. The van der Waals surface area contributed by atoms with Crippen LogP contribution in [0.3, 0.4) is 0 Å². The van der Waals surface area contributed by atoms with Gasteiger partial charge in [0.15, 0.2) is 0 Å². The van der Waals surface area contributed by atoms with Crippen LogP contribution in [0.5, 0.6) is 0 Å². The Balaban J connectivity index is 2.11. The normalized spacial score (nSPS) is 15.6. The fraction of sp³-hybridized carbons (Fsp3) is 0.500. The van der Waals surface area contributed by atoms with E-state index in [1.54, 1.807) is 3.51 Å². The molecule has 0 aromatic heterocycles. The van der Waals surface area contributed by atoms with Crippen LogP contribution in [-0.2, 0) is 0 Å². The molecule has 0 aromatic rings. The second-order valence-corrected chi connectivity index (χ2v) is 5.49. The minimum absolute atomic E-state index is 0.213. The highest BCUT2D eigenvalue weighted by Crippen LogP contribution is 2.08. The monoisotopic (exact) mass is 277 g/mol. The van der Waals surface area contributed by atoms with E-state index >= 15 is 0 Å². The van der Waals surface area contributed by atoms with Crippen LogP contribution in [0.15, 0.2) is 22.3 Å². The molecule has 12 heavy (non-hydrogen) atoms. The van der Waals surface area contributed by atoms with Gasteiger partial charge in [-0.05, 0) is 20.6 Å². The molecule has 0 unspecified atom stereocenters. The molecule has 0 amide bonds. The smallest absolute Gasteiger partial charge is 0.0259 e. The number of hydrogen-bond donors (Lipinski definition) is 1. The summed E-state index contributed by atoms with van der Waals surface area (Å²) in [6.45, 7) is 4.50. The van der Waals surface area contributed by atoms with Gasteiger partial charge < -0.3 is 5.32 Å². The third kappa shape index (κ3) is 4.16. The molecule has 0 fully saturated rings. The van der Waals surface area contributed by atoms with E-state index in [0.29, 0.717) is 0 Å². The summed E-state index contributed by atoms with van der Waals surface area (Å²) in [6, 6.07) is 0. The first kappa shape index (κ1) is 10.1. The van der Waals surface area contributed by atoms with Crippen molar-refractivity contribution in [1.29, 1.82) is 0 Å². The Kier molecular flexibility index (Phi) is 5.52. The van der Waals surface area contributed by atoms with Crippen molar-refractivity contribution >= 4 is 24.2 Å². The van der Waals surface area contributed by atoms with Crippen molar-refractivity contribution in [1.82, 2.24) is 5.32 Å². The van der Waals surface area contributed by atoms with Crippen molar-refractivity contribution in [3.8, 4) is 0 Å². The van der Waals surface area contributed by atoms with Crippen LogP contribution < -0.4 is 5.32 Å². The molecular weight excluding hydrogens is 261 g/mol. The lowest BCUT2D eigenvalue weighted by molar-refractivity contribution is 0.692. The highest BCUT2D eigenvalue weighted by molar-refractivity contribution is 14.2. The molecule has 0 saturated heterocycles. The van der Waals surface area contributed by atoms with Gasteiger partial charge in [-0.15, -0.1) is 0 Å². The SMILES string of the molecule is CCCCNCC1=IC=CC=C1. The minimum atomic E-state index is 0.213. The molecule has 0 aromatic carbocycles. The van der Waals surface area contributed by atoms with Crippen LogP contribution in [0, 0.1) is 0 Å². The van der Waals surface area contributed by atoms with Crippen LogP contribution >= 0.6 is 20.7 Å². The molecule has 0 radical (unpaired) electrons. The van der Waals surface area contributed by atoms with E-state index in [2.05, 4.69) is 34.6 Å². The van der Waals surface area contributed by atoms with E-state index < -0.39 is 0 Å². The summed E-state index contributed by atoms with van der Waals surface area (Å²) in [5.41, 5.74) is 0. The molecule has 2 heteroatoms. The van der Waals surface area contributed by atoms with E-state index in [9.17, 15) is 0 Å². The molecule has 1 nitrogen and oxygen atoms in total. The number of nitrogens with one attached hydrogen (secondary N) is 1. The Morgan fingerprint density at radius 2 is 2.33 bits per heavy atom. The predicted octanol–water partition coefficient (Wildman–Crippen LogP) is 2.60. The summed E-state index contributed by atoms with van der Waals surface area (Å²) in [7, 11) is 0. The van der Waals surface area contributed by atoms with Crippen LogP contribution in [0.1, 0.15) is 19.8 Å². The Morgan fingerprint density at radius 1 is 1.42 bits per heavy atom. The number of rotatable bonds is 5. The van der Waals surface area contributed by atoms with Crippen LogP contribution in [-0.4, -0.2) is 16.6 Å². The van der Waals surface area contributed by atoms with E-state index in [-0.39, 0.29) is 20.7 Å². The zero-order valence-electron chi connectivity index (χ0n) is 7.52. The fourth-order valence-corrected chi connectivity index (χ4v) is 2.78. The van der Waals surface area contributed by atoms with E-state index in [0.717, 1.165) is 6.54 Å². The largest absolute Gasteiger partial charge is 0.312 e. The van der Waals surface area contributed by atoms with Gasteiger partial charge in [0, 0.05) is 6.54 Å². The maximum absolute atomic E-state index is 3.46. The van der Waals surface area contributed by atoms with Crippen molar-refractivity contribution < 1.29 is 0 Å². The zero-order chi connectivity index (χ0) is 8.65. The Morgan fingerprint density at radius 3 is 3.00 bits per heavy atom. The van der Waals surface area contributed by atoms with Crippen molar-refractivity contribution in [2.24, 2.45) is 0 Å². The summed E-state index contributed by atoms with van der Waals surface area (Å²) in [4.78, 5) is 0. The number of hydrogen-bond acceptors (Lipinski definition) is 1. The summed E-state index contributed by atoms with van der Waals surface area (Å²) < 4.78 is 3.92. The molecule has 0 bridgehead atoms. The summed E-state index contributed by atoms with van der Waals surface area (Å²) >= 11 is 0.213. The molecule has 1 aliphatic rings. The van der Waals surface area contributed by atoms with E-state index in [1.807, 2.05) is 0 Å². The van der Waals surface area contributed by atoms with Gasteiger partial charge in [-0.1, -0.05) is 52.3 Å².